The zero-order valence-electron chi connectivity index (χ0n) is 13.7. The van der Waals surface area contributed by atoms with Crippen molar-refractivity contribution in [2.24, 2.45) is 5.92 Å². The van der Waals surface area contributed by atoms with Gasteiger partial charge in [-0.15, -0.1) is 0 Å². The molecule has 1 rings (SSSR count). The number of benzene rings is 1. The Bertz CT molecular complexity index is 473. The Morgan fingerprint density at radius 1 is 1.09 bits per heavy atom. The van der Waals surface area contributed by atoms with Crippen LogP contribution in [-0.4, -0.2) is 31.1 Å². The maximum atomic E-state index is 12.0. The third kappa shape index (κ3) is 6.26. The molecule has 0 bridgehead atoms. The monoisotopic (exact) mass is 307 g/mol. The second-order valence-electron chi connectivity index (χ2n) is 5.64. The van der Waals surface area contributed by atoms with Gasteiger partial charge in [-0.1, -0.05) is 44.2 Å². The van der Waals surface area contributed by atoms with Crippen LogP contribution in [0.1, 0.15) is 32.8 Å². The first kappa shape index (κ1) is 18.2. The van der Waals surface area contributed by atoms with Crippen molar-refractivity contribution in [3.63, 3.8) is 0 Å². The summed E-state index contributed by atoms with van der Waals surface area (Å²) in [6, 6.07) is 8.95. The molecule has 122 valence electrons. The third-order valence-electron chi connectivity index (χ3n) is 3.19. The molecular formula is C17H25NO4. The van der Waals surface area contributed by atoms with Crippen molar-refractivity contribution < 1.29 is 19.1 Å². The minimum absolute atomic E-state index is 0.170. The zero-order valence-corrected chi connectivity index (χ0v) is 13.7. The van der Waals surface area contributed by atoms with Gasteiger partial charge in [0.15, 0.2) is 6.10 Å². The van der Waals surface area contributed by atoms with E-state index < -0.39 is 24.1 Å². The molecule has 5 heteroatoms. The molecule has 22 heavy (non-hydrogen) atoms. The number of esters is 2. The Morgan fingerprint density at radius 2 is 1.73 bits per heavy atom. The number of ether oxygens (including phenoxy) is 2. The molecular weight excluding hydrogens is 282 g/mol. The van der Waals surface area contributed by atoms with Gasteiger partial charge in [-0.25, -0.2) is 4.79 Å². The molecule has 1 aromatic carbocycles. The van der Waals surface area contributed by atoms with Crippen LogP contribution in [0.2, 0.25) is 0 Å². The Kier molecular flexibility index (Phi) is 7.60. The highest BCUT2D eigenvalue weighted by Crippen LogP contribution is 2.09. The predicted molar refractivity (Wildman–Crippen MR) is 84.1 cm³/mol. The Morgan fingerprint density at radius 3 is 2.27 bits per heavy atom. The van der Waals surface area contributed by atoms with E-state index in [1.165, 1.54) is 6.92 Å². The minimum Gasteiger partial charge on any atom is -0.458 e. The molecule has 0 aliphatic rings. The van der Waals surface area contributed by atoms with Gasteiger partial charge < -0.3 is 14.8 Å². The normalized spacial score (nSPS) is 13.5. The number of nitrogens with one attached hydrogen (secondary N) is 1. The van der Waals surface area contributed by atoms with Crippen LogP contribution in [0, 0.1) is 5.92 Å². The maximum Gasteiger partial charge on any atom is 0.347 e. The van der Waals surface area contributed by atoms with Crippen LogP contribution in [0.25, 0.3) is 0 Å². The van der Waals surface area contributed by atoms with Crippen LogP contribution in [0.3, 0.4) is 0 Å². The van der Waals surface area contributed by atoms with Gasteiger partial charge in [-0.05, 0) is 31.9 Å². The summed E-state index contributed by atoms with van der Waals surface area (Å²) < 4.78 is 10.3. The maximum absolute atomic E-state index is 12.0. The lowest BCUT2D eigenvalue weighted by molar-refractivity contribution is -0.168. The summed E-state index contributed by atoms with van der Waals surface area (Å²) >= 11 is 0. The van der Waals surface area contributed by atoms with Crippen LogP contribution >= 0.6 is 0 Å². The number of hydrogen-bond donors (Lipinski definition) is 1. The molecule has 5 nitrogen and oxygen atoms in total. The highest BCUT2D eigenvalue weighted by atomic mass is 16.6. The second kappa shape index (κ2) is 9.20. The Hall–Kier alpha value is -1.88. The van der Waals surface area contributed by atoms with Gasteiger partial charge in [0, 0.05) is 0 Å². The van der Waals surface area contributed by atoms with Crippen molar-refractivity contribution in [2.75, 3.05) is 7.05 Å². The molecule has 1 N–H and O–H groups in total. The number of likely N-dealkylation sites (N-methyl/N-ethyl adjacent to an activating group) is 1. The molecule has 0 aromatic heterocycles. The van der Waals surface area contributed by atoms with E-state index in [1.807, 2.05) is 44.2 Å². The van der Waals surface area contributed by atoms with E-state index in [4.69, 9.17) is 9.47 Å². The Balaban J connectivity index is 2.44. The van der Waals surface area contributed by atoms with E-state index in [0.29, 0.717) is 12.3 Å². The molecule has 0 saturated carbocycles. The summed E-state index contributed by atoms with van der Waals surface area (Å²) in [6.45, 7) is 5.74. The van der Waals surface area contributed by atoms with Crippen molar-refractivity contribution >= 4 is 11.9 Å². The lowest BCUT2D eigenvalue weighted by Crippen LogP contribution is -2.39. The number of carbonyl (C=O) groups excluding carboxylic acids is 2. The van der Waals surface area contributed by atoms with Gasteiger partial charge in [0.1, 0.15) is 12.6 Å². The van der Waals surface area contributed by atoms with Gasteiger partial charge in [-0.3, -0.25) is 4.79 Å². The van der Waals surface area contributed by atoms with Crippen molar-refractivity contribution in [1.29, 1.82) is 0 Å². The van der Waals surface area contributed by atoms with Crippen molar-refractivity contribution in [3.8, 4) is 0 Å². The van der Waals surface area contributed by atoms with Gasteiger partial charge in [-0.2, -0.15) is 0 Å². The first-order valence-electron chi connectivity index (χ1n) is 7.52. The largest absolute Gasteiger partial charge is 0.458 e. The molecule has 0 aliphatic heterocycles. The lowest BCUT2D eigenvalue weighted by Gasteiger charge is -2.19. The highest BCUT2D eigenvalue weighted by molar-refractivity contribution is 5.81. The summed E-state index contributed by atoms with van der Waals surface area (Å²) in [7, 11) is 1.70. The van der Waals surface area contributed by atoms with Gasteiger partial charge in [0.05, 0.1) is 0 Å². The number of hydrogen-bond acceptors (Lipinski definition) is 5. The van der Waals surface area contributed by atoms with Gasteiger partial charge >= 0.3 is 11.9 Å². The van der Waals surface area contributed by atoms with E-state index in [2.05, 4.69) is 5.32 Å². The summed E-state index contributed by atoms with van der Waals surface area (Å²) in [5.74, 6) is -0.623. The molecule has 2 atom stereocenters. The molecule has 0 heterocycles. The van der Waals surface area contributed by atoms with E-state index in [9.17, 15) is 9.59 Å². The van der Waals surface area contributed by atoms with Crippen LogP contribution in [-0.2, 0) is 25.7 Å². The minimum atomic E-state index is -0.917. The molecule has 0 spiro atoms. The van der Waals surface area contributed by atoms with Crippen molar-refractivity contribution in [1.82, 2.24) is 5.32 Å². The average molecular weight is 307 g/mol. The summed E-state index contributed by atoms with van der Waals surface area (Å²) in [4.78, 5) is 23.9. The molecule has 0 saturated heterocycles. The predicted octanol–water partition coefficient (Wildman–Crippen LogP) is 2.30. The molecule has 1 aromatic rings. The summed E-state index contributed by atoms with van der Waals surface area (Å²) in [5.41, 5.74) is 0.891. The highest BCUT2D eigenvalue weighted by Gasteiger charge is 2.25. The number of carbonyl (C=O) groups is 2. The van der Waals surface area contributed by atoms with E-state index in [0.717, 1.165) is 5.56 Å². The smallest absolute Gasteiger partial charge is 0.347 e. The fourth-order valence-electron chi connectivity index (χ4n) is 1.95. The van der Waals surface area contributed by atoms with Crippen molar-refractivity contribution in [3.05, 3.63) is 35.9 Å². The van der Waals surface area contributed by atoms with Gasteiger partial charge in [0.25, 0.3) is 0 Å². The molecule has 1 unspecified atom stereocenters. The molecule has 0 aliphatic carbocycles. The SMILES string of the molecule is CN[C@@H](CC(C)C)C(=O)OC(C)C(=O)OCc1ccccc1. The van der Waals surface area contributed by atoms with E-state index in [-0.39, 0.29) is 6.61 Å². The quantitative estimate of drug-likeness (QED) is 0.747. The lowest BCUT2D eigenvalue weighted by atomic mass is 10.0. The van der Waals surface area contributed by atoms with E-state index in [1.54, 1.807) is 7.05 Å². The molecule has 0 radical (unpaired) electrons. The average Bonchev–Trinajstić information content (AvgIpc) is 2.50. The fraction of sp³-hybridized carbons (Fsp3) is 0.529. The fourth-order valence-corrected chi connectivity index (χ4v) is 1.95. The van der Waals surface area contributed by atoms with Crippen LogP contribution in [0.4, 0.5) is 0 Å². The molecule has 0 fully saturated rings. The number of rotatable bonds is 8. The summed E-state index contributed by atoms with van der Waals surface area (Å²) in [6.07, 6.45) is -0.263. The van der Waals surface area contributed by atoms with Crippen LogP contribution in [0.15, 0.2) is 30.3 Å². The molecule has 0 amide bonds. The first-order chi connectivity index (χ1) is 10.4. The Labute approximate surface area is 132 Å². The van der Waals surface area contributed by atoms with Crippen LogP contribution < -0.4 is 5.32 Å². The van der Waals surface area contributed by atoms with Gasteiger partial charge in [0.2, 0.25) is 0 Å². The second-order valence-corrected chi connectivity index (χ2v) is 5.64. The standard InChI is InChI=1S/C17H25NO4/c1-12(2)10-15(18-4)17(20)22-13(3)16(19)21-11-14-8-6-5-7-9-14/h5-9,12-13,15,18H,10-11H2,1-4H3/t13?,15-/m0/s1. The summed E-state index contributed by atoms with van der Waals surface area (Å²) in [5, 5.41) is 2.91. The first-order valence-corrected chi connectivity index (χ1v) is 7.52. The van der Waals surface area contributed by atoms with Crippen LogP contribution in [0.5, 0.6) is 0 Å². The van der Waals surface area contributed by atoms with Crippen molar-refractivity contribution in [2.45, 2.75) is 45.9 Å². The zero-order chi connectivity index (χ0) is 16.5. The third-order valence-corrected chi connectivity index (χ3v) is 3.19. The topological polar surface area (TPSA) is 64.6 Å². The van der Waals surface area contributed by atoms with E-state index >= 15 is 0 Å².